The maximum Gasteiger partial charge on any atom is 0.256 e. The van der Waals surface area contributed by atoms with Crippen LogP contribution < -0.4 is 5.32 Å². The Hall–Kier alpha value is -1.89. The second kappa shape index (κ2) is 10.9. The number of carbonyl (C=O) groups excluding carboxylic acids is 1. The molecule has 6 nitrogen and oxygen atoms in total. The lowest BCUT2D eigenvalue weighted by molar-refractivity contribution is 0.0951. The molecule has 1 aliphatic heterocycles. The number of halogens is 1. The summed E-state index contributed by atoms with van der Waals surface area (Å²) < 4.78 is 1.70. The molecular formula is C23H34ClN5O. The van der Waals surface area contributed by atoms with Crippen LogP contribution in [-0.4, -0.2) is 71.3 Å². The molecule has 2 aromatic rings. The Bertz CT molecular complexity index is 825. The minimum Gasteiger partial charge on any atom is -0.352 e. The lowest BCUT2D eigenvalue weighted by atomic mass is 10.1. The summed E-state index contributed by atoms with van der Waals surface area (Å²) >= 11 is 6.50. The van der Waals surface area contributed by atoms with Crippen LogP contribution in [-0.2, 0) is 6.54 Å². The summed E-state index contributed by atoms with van der Waals surface area (Å²) in [5.74, 6) is -0.135. The predicted octanol–water partition coefficient (Wildman–Crippen LogP) is 3.35. The van der Waals surface area contributed by atoms with Crippen LogP contribution in [0.2, 0.25) is 5.15 Å². The third kappa shape index (κ3) is 6.06. The number of hydrogen-bond donors (Lipinski definition) is 1. The number of aromatic nitrogens is 2. The molecular weight excluding hydrogens is 398 g/mol. The predicted molar refractivity (Wildman–Crippen MR) is 122 cm³/mol. The molecule has 30 heavy (non-hydrogen) atoms. The molecule has 0 bridgehead atoms. The first-order chi connectivity index (χ1) is 14.5. The Morgan fingerprint density at radius 3 is 2.40 bits per heavy atom. The molecule has 164 valence electrons. The van der Waals surface area contributed by atoms with Gasteiger partial charge in [0.2, 0.25) is 0 Å². The first-order valence-corrected chi connectivity index (χ1v) is 11.4. The van der Waals surface area contributed by atoms with E-state index in [9.17, 15) is 4.79 Å². The molecule has 0 unspecified atom stereocenters. The average Bonchev–Trinajstić information content (AvgIpc) is 3.02. The van der Waals surface area contributed by atoms with E-state index in [0.717, 1.165) is 57.7 Å². The van der Waals surface area contributed by atoms with Gasteiger partial charge in [0.15, 0.2) is 0 Å². The van der Waals surface area contributed by atoms with Crippen molar-refractivity contribution in [1.82, 2.24) is 24.9 Å². The second-order valence-corrected chi connectivity index (χ2v) is 8.49. The zero-order valence-corrected chi connectivity index (χ0v) is 19.2. The van der Waals surface area contributed by atoms with Crippen molar-refractivity contribution in [2.24, 2.45) is 0 Å². The number of rotatable bonds is 9. The number of carbonyl (C=O) groups is 1. The topological polar surface area (TPSA) is 53.4 Å². The van der Waals surface area contributed by atoms with E-state index in [1.165, 1.54) is 5.56 Å². The van der Waals surface area contributed by atoms with Gasteiger partial charge in [-0.05, 0) is 45.3 Å². The normalized spacial score (nSPS) is 15.5. The van der Waals surface area contributed by atoms with Gasteiger partial charge < -0.3 is 15.1 Å². The maximum absolute atomic E-state index is 12.7. The fraction of sp³-hybridized carbons (Fsp3) is 0.565. The molecule has 3 rings (SSSR count). The zero-order chi connectivity index (χ0) is 21.5. The molecule has 1 fully saturated rings. The summed E-state index contributed by atoms with van der Waals surface area (Å²) in [6.45, 7) is 14.2. The summed E-state index contributed by atoms with van der Waals surface area (Å²) in [6, 6.07) is 8.25. The highest BCUT2D eigenvalue weighted by Gasteiger charge is 2.20. The third-order valence-electron chi connectivity index (χ3n) is 5.84. The van der Waals surface area contributed by atoms with E-state index in [1.807, 2.05) is 6.92 Å². The molecule has 0 atom stereocenters. The fourth-order valence-corrected chi connectivity index (χ4v) is 4.18. The van der Waals surface area contributed by atoms with Crippen LogP contribution >= 0.6 is 11.6 Å². The molecule has 2 heterocycles. The lowest BCUT2D eigenvalue weighted by Gasteiger charge is -2.33. The Morgan fingerprint density at radius 1 is 1.07 bits per heavy atom. The van der Waals surface area contributed by atoms with Crippen molar-refractivity contribution in [3.63, 3.8) is 0 Å². The molecule has 0 aliphatic carbocycles. The maximum atomic E-state index is 12.7. The van der Waals surface area contributed by atoms with Gasteiger partial charge in [-0.1, -0.05) is 48.4 Å². The molecule has 0 saturated carbocycles. The molecule has 1 N–H and O–H groups in total. The van der Waals surface area contributed by atoms with Gasteiger partial charge in [0.25, 0.3) is 5.91 Å². The number of likely N-dealkylation sites (N-methyl/N-ethyl adjacent to an activating group) is 1. The molecule has 1 saturated heterocycles. The Labute approximate surface area is 185 Å². The van der Waals surface area contributed by atoms with Crippen molar-refractivity contribution in [3.05, 3.63) is 51.8 Å². The van der Waals surface area contributed by atoms with Crippen molar-refractivity contribution < 1.29 is 4.79 Å². The van der Waals surface area contributed by atoms with Crippen LogP contribution in [0.4, 0.5) is 0 Å². The van der Waals surface area contributed by atoms with Crippen LogP contribution in [0, 0.1) is 13.8 Å². The average molecular weight is 432 g/mol. The fourth-order valence-electron chi connectivity index (χ4n) is 3.86. The number of hydrogen-bond acceptors (Lipinski definition) is 4. The van der Waals surface area contributed by atoms with Crippen molar-refractivity contribution in [2.75, 3.05) is 45.8 Å². The number of amides is 1. The smallest absolute Gasteiger partial charge is 0.256 e. The first kappa shape index (κ1) is 22.8. The standard InChI is InChI=1S/C23H34ClN5O/c1-4-27-13-15-28(16-14-27)12-6-5-11-25-23(30)21-19(3)26-29(22(21)24)17-20-9-7-18(2)8-10-20/h7-10H,4-6,11-17H2,1-3H3,(H,25,30). The molecule has 1 amide bonds. The van der Waals surface area contributed by atoms with Crippen molar-refractivity contribution in [2.45, 2.75) is 40.2 Å². The van der Waals surface area contributed by atoms with Gasteiger partial charge in [-0.2, -0.15) is 5.10 Å². The van der Waals surface area contributed by atoms with Crippen molar-refractivity contribution in [3.8, 4) is 0 Å². The van der Waals surface area contributed by atoms with Gasteiger partial charge in [0.1, 0.15) is 5.15 Å². The van der Waals surface area contributed by atoms with E-state index in [-0.39, 0.29) is 5.91 Å². The number of piperazine rings is 1. The SMILES string of the molecule is CCN1CCN(CCCCNC(=O)c2c(C)nn(Cc3ccc(C)cc3)c2Cl)CC1. The van der Waals surface area contributed by atoms with Gasteiger partial charge in [-0.15, -0.1) is 0 Å². The van der Waals surface area contributed by atoms with Crippen LogP contribution in [0.15, 0.2) is 24.3 Å². The largest absolute Gasteiger partial charge is 0.352 e. The van der Waals surface area contributed by atoms with Gasteiger partial charge >= 0.3 is 0 Å². The van der Waals surface area contributed by atoms with Gasteiger partial charge in [-0.25, -0.2) is 4.68 Å². The van der Waals surface area contributed by atoms with E-state index >= 15 is 0 Å². The minimum absolute atomic E-state index is 0.135. The molecule has 1 aromatic heterocycles. The van der Waals surface area contributed by atoms with Crippen LogP contribution in [0.1, 0.15) is 46.9 Å². The number of nitrogens with one attached hydrogen (secondary N) is 1. The second-order valence-electron chi connectivity index (χ2n) is 8.13. The van der Waals surface area contributed by atoms with Gasteiger partial charge in [-0.3, -0.25) is 4.79 Å². The highest BCUT2D eigenvalue weighted by Crippen LogP contribution is 2.21. The summed E-state index contributed by atoms with van der Waals surface area (Å²) in [6.07, 6.45) is 2.06. The molecule has 1 aromatic carbocycles. The van der Waals surface area contributed by atoms with E-state index < -0.39 is 0 Å². The van der Waals surface area contributed by atoms with Crippen LogP contribution in [0.3, 0.4) is 0 Å². The quantitative estimate of drug-likeness (QED) is 0.618. The summed E-state index contributed by atoms with van der Waals surface area (Å²) in [4.78, 5) is 17.7. The zero-order valence-electron chi connectivity index (χ0n) is 18.5. The number of benzene rings is 1. The van der Waals surface area contributed by atoms with Crippen LogP contribution in [0.5, 0.6) is 0 Å². The van der Waals surface area contributed by atoms with Gasteiger partial charge in [0, 0.05) is 32.7 Å². The summed E-state index contributed by atoms with van der Waals surface area (Å²) in [5.41, 5.74) is 3.47. The third-order valence-corrected chi connectivity index (χ3v) is 6.23. The van der Waals surface area contributed by atoms with Gasteiger partial charge in [0.05, 0.1) is 17.8 Å². The van der Waals surface area contributed by atoms with Crippen LogP contribution in [0.25, 0.3) is 0 Å². The van der Waals surface area contributed by atoms with E-state index in [0.29, 0.717) is 29.5 Å². The number of aryl methyl sites for hydroxylation is 2. The van der Waals surface area contributed by atoms with E-state index in [2.05, 4.69) is 58.3 Å². The number of nitrogens with zero attached hydrogens (tertiary/aromatic N) is 4. The molecule has 0 radical (unpaired) electrons. The molecule has 0 spiro atoms. The van der Waals surface area contributed by atoms with E-state index in [4.69, 9.17) is 11.6 Å². The first-order valence-electron chi connectivity index (χ1n) is 11.0. The minimum atomic E-state index is -0.135. The van der Waals surface area contributed by atoms with E-state index in [1.54, 1.807) is 4.68 Å². The van der Waals surface area contributed by atoms with Crippen molar-refractivity contribution in [1.29, 1.82) is 0 Å². The Morgan fingerprint density at radius 2 is 1.73 bits per heavy atom. The Kier molecular flexibility index (Phi) is 8.31. The van der Waals surface area contributed by atoms with Crippen molar-refractivity contribution >= 4 is 17.5 Å². The number of unbranched alkanes of at least 4 members (excludes halogenated alkanes) is 1. The summed E-state index contributed by atoms with van der Waals surface area (Å²) in [7, 11) is 0. The highest BCUT2D eigenvalue weighted by atomic mass is 35.5. The lowest BCUT2D eigenvalue weighted by Crippen LogP contribution is -2.46. The summed E-state index contributed by atoms with van der Waals surface area (Å²) in [5, 5.41) is 7.90. The molecule has 1 aliphatic rings. The molecule has 7 heteroatoms. The highest BCUT2D eigenvalue weighted by molar-refractivity contribution is 6.33. The Balaban J connectivity index is 1.44. The monoisotopic (exact) mass is 431 g/mol.